The lowest BCUT2D eigenvalue weighted by molar-refractivity contribution is -0.400. The SMILES string of the molecule is CC(=O)NC1[C@H](O[C@@H]2C(O)[C@H](O[C@@H]3C(NC(C)=O)C(C(C)(C)C)OC(CO)[C@@H]3O)OC(CO)[C@@H]2O)OC(CO)[C@@H](O[C@@H]2OC(CO)C(O)[C@H](O)C2OC2OC(C)[C@@H](O)C(O)[C@@H]2O)[C@@H]1O[C@@H]1OC(C)[C@@H](O)[C@@H](O)C1O. The molecule has 6 saturated heterocycles. The van der Waals surface area contributed by atoms with Crippen LogP contribution in [0, 0.1) is 5.41 Å². The van der Waals surface area contributed by atoms with Gasteiger partial charge in [-0.25, -0.2) is 0 Å². The summed E-state index contributed by atoms with van der Waals surface area (Å²) < 4.78 is 66.1. The molecule has 0 aliphatic carbocycles. The number of carbonyl (C=O) groups is 2. The molecule has 15 unspecified atom stereocenters. The van der Waals surface area contributed by atoms with Crippen LogP contribution in [0.4, 0.5) is 0 Å². The maximum absolute atomic E-state index is 13.2. The highest BCUT2D eigenvalue weighted by Gasteiger charge is 2.59. The van der Waals surface area contributed by atoms with Crippen molar-refractivity contribution in [3.63, 3.8) is 0 Å². The van der Waals surface area contributed by atoms with Gasteiger partial charge >= 0.3 is 0 Å². The Balaban J connectivity index is 1.38. The Labute approximate surface area is 424 Å². The molecule has 17 N–H and O–H groups in total. The lowest BCUT2D eigenvalue weighted by Crippen LogP contribution is -2.72. The summed E-state index contributed by atoms with van der Waals surface area (Å²) in [6, 6.07) is -3.00. The number of aliphatic hydroxyl groups is 15. The first-order valence-corrected chi connectivity index (χ1v) is 24.4. The molecule has 0 spiro atoms. The van der Waals surface area contributed by atoms with Crippen molar-refractivity contribution in [2.45, 2.75) is 232 Å². The third-order valence-corrected chi connectivity index (χ3v) is 14.0. The van der Waals surface area contributed by atoms with E-state index in [4.69, 9.17) is 52.1 Å². The molecule has 0 saturated carbocycles. The monoisotopic (exact) mass is 1080 g/mol. The third-order valence-electron chi connectivity index (χ3n) is 14.0. The van der Waals surface area contributed by atoms with Crippen LogP contribution >= 0.6 is 0 Å². The second kappa shape index (κ2) is 25.3. The largest absolute Gasteiger partial charge is 0.394 e. The van der Waals surface area contributed by atoms with Crippen molar-refractivity contribution < 1.29 is 138 Å². The van der Waals surface area contributed by atoms with Crippen LogP contribution in [-0.2, 0) is 61.7 Å². The van der Waals surface area contributed by atoms with Gasteiger partial charge < -0.3 is 139 Å². The fourth-order valence-corrected chi connectivity index (χ4v) is 9.94. The quantitative estimate of drug-likeness (QED) is 0.0682. The van der Waals surface area contributed by atoms with E-state index in [1.54, 1.807) is 20.8 Å². The molecule has 2 amide bonds. The zero-order valence-corrected chi connectivity index (χ0v) is 41.7. The lowest BCUT2D eigenvalue weighted by atomic mass is 9.78. The fraction of sp³-hybridized carbons (Fsp3) is 0.955. The first kappa shape index (κ1) is 61.1. The molecule has 6 heterocycles. The highest BCUT2D eigenvalue weighted by atomic mass is 16.8. The number of hydrogen-bond donors (Lipinski definition) is 17. The highest BCUT2D eigenvalue weighted by molar-refractivity contribution is 5.73. The molecule has 30 atom stereocenters. The van der Waals surface area contributed by atoms with Crippen molar-refractivity contribution in [2.24, 2.45) is 5.41 Å². The van der Waals surface area contributed by atoms with E-state index in [1.165, 1.54) is 20.8 Å². The van der Waals surface area contributed by atoms with E-state index >= 15 is 0 Å². The second-order valence-corrected chi connectivity index (χ2v) is 20.6. The van der Waals surface area contributed by atoms with Gasteiger partial charge in [-0.1, -0.05) is 20.8 Å². The van der Waals surface area contributed by atoms with Crippen molar-refractivity contribution in [1.82, 2.24) is 10.6 Å². The van der Waals surface area contributed by atoms with Crippen molar-refractivity contribution in [3.8, 4) is 0 Å². The topological polar surface area (TPSA) is 463 Å². The van der Waals surface area contributed by atoms with E-state index in [0.717, 1.165) is 6.92 Å². The Morgan fingerprint density at radius 3 is 1.28 bits per heavy atom. The van der Waals surface area contributed by atoms with Gasteiger partial charge in [0.15, 0.2) is 31.5 Å². The summed E-state index contributed by atoms with van der Waals surface area (Å²) in [4.78, 5) is 25.7. The molecule has 0 aromatic carbocycles. The molecule has 30 nitrogen and oxygen atoms in total. The Hall–Kier alpha value is -2.10. The van der Waals surface area contributed by atoms with E-state index in [1.807, 2.05) is 0 Å². The third kappa shape index (κ3) is 13.0. The van der Waals surface area contributed by atoms with Crippen LogP contribution in [0.5, 0.6) is 0 Å². The number of hydrogen-bond acceptors (Lipinski definition) is 28. The Kier molecular flexibility index (Phi) is 20.9. The molecule has 0 aromatic rings. The summed E-state index contributed by atoms with van der Waals surface area (Å²) in [5.74, 6) is -1.45. The number of ether oxygens (including phenoxy) is 11. The molecule has 74 heavy (non-hydrogen) atoms. The smallest absolute Gasteiger partial charge is 0.217 e. The van der Waals surface area contributed by atoms with Gasteiger partial charge in [0.2, 0.25) is 11.8 Å². The van der Waals surface area contributed by atoms with Crippen molar-refractivity contribution >= 4 is 11.8 Å². The predicted molar refractivity (Wildman–Crippen MR) is 237 cm³/mol. The molecule has 30 heteroatoms. The zero-order valence-electron chi connectivity index (χ0n) is 41.7. The summed E-state index contributed by atoms with van der Waals surface area (Å²) >= 11 is 0. The highest BCUT2D eigenvalue weighted by Crippen LogP contribution is 2.40. The number of amides is 2. The number of rotatable bonds is 16. The van der Waals surface area contributed by atoms with Gasteiger partial charge in [0.1, 0.15) is 128 Å². The average Bonchev–Trinajstić information content (AvgIpc) is 3.34. The van der Waals surface area contributed by atoms with Crippen LogP contribution in [-0.4, -0.2) is 299 Å². The van der Waals surface area contributed by atoms with Crippen LogP contribution in [0.1, 0.15) is 48.5 Å². The van der Waals surface area contributed by atoms with Gasteiger partial charge in [-0.05, 0) is 19.3 Å². The summed E-state index contributed by atoms with van der Waals surface area (Å²) in [5, 5.41) is 169. The molecular formula is C44H76N2O28. The molecule has 0 aromatic heterocycles. The second-order valence-electron chi connectivity index (χ2n) is 20.6. The van der Waals surface area contributed by atoms with Crippen molar-refractivity contribution in [2.75, 3.05) is 26.4 Å². The van der Waals surface area contributed by atoms with Crippen molar-refractivity contribution in [1.29, 1.82) is 0 Å². The molecule has 6 aliphatic rings. The average molecular weight is 1080 g/mol. The van der Waals surface area contributed by atoms with Gasteiger partial charge in [-0.2, -0.15) is 0 Å². The maximum atomic E-state index is 13.2. The number of nitrogens with one attached hydrogen (secondary N) is 2. The van der Waals surface area contributed by atoms with E-state index in [9.17, 15) is 86.2 Å². The van der Waals surface area contributed by atoms with Crippen LogP contribution in [0.15, 0.2) is 0 Å². The minimum absolute atomic E-state index is 0.583. The van der Waals surface area contributed by atoms with Crippen LogP contribution in [0.3, 0.4) is 0 Å². The van der Waals surface area contributed by atoms with Gasteiger partial charge in [0, 0.05) is 13.8 Å². The number of carbonyl (C=O) groups excluding carboxylic acids is 2. The molecular weight excluding hydrogens is 1000 g/mol. The van der Waals surface area contributed by atoms with Crippen molar-refractivity contribution in [3.05, 3.63) is 0 Å². The zero-order chi connectivity index (χ0) is 55.0. The molecule has 0 bridgehead atoms. The van der Waals surface area contributed by atoms with Gasteiger partial charge in [-0.3, -0.25) is 9.59 Å². The summed E-state index contributed by atoms with van der Waals surface area (Å²) in [6.07, 6.45) is -49.8. The minimum atomic E-state index is -2.14. The minimum Gasteiger partial charge on any atom is -0.394 e. The van der Waals surface area contributed by atoms with E-state index in [0.29, 0.717) is 0 Å². The van der Waals surface area contributed by atoms with E-state index in [2.05, 4.69) is 10.6 Å². The van der Waals surface area contributed by atoms with Gasteiger partial charge in [0.25, 0.3) is 0 Å². The molecule has 430 valence electrons. The van der Waals surface area contributed by atoms with Crippen LogP contribution < -0.4 is 10.6 Å². The lowest BCUT2D eigenvalue weighted by Gasteiger charge is -2.52. The normalized spacial score (nSPS) is 49.5. The standard InChI is InChI=1S/C44H76N2O28/c1-12-22(53)27(58)30(61)40(64-12)72-35-21(46-15(4)52)39(69-19(11-50)33(35)70-43-37(29(60)24(55)16(8-47)68-43)74-41-31(62)28(59)23(54)13(2)65-41)73-36-26(57)18(10-49)67-42(32(36)63)71-34-20(45-14(3)51)38(44(5,6)7)66-17(9-48)25(34)56/h12-13,16-43,47-50,53-63H,8-11H2,1-7H3,(H,45,51)(H,46,52)/t12?,13?,16?,17?,18?,19?,20?,21?,22-,23-,24?,25+,26+,27-,28?,29+,30?,31+,32?,33-,34-,35-,36+,37?,38?,39+,40+,41?,42+,43+/m1/s1. The first-order valence-electron chi connectivity index (χ1n) is 24.4. The summed E-state index contributed by atoms with van der Waals surface area (Å²) in [5.41, 5.74) is -0.781. The molecule has 6 aliphatic heterocycles. The fourth-order valence-electron chi connectivity index (χ4n) is 9.94. The van der Waals surface area contributed by atoms with Gasteiger partial charge in [-0.15, -0.1) is 0 Å². The summed E-state index contributed by atoms with van der Waals surface area (Å²) in [7, 11) is 0. The van der Waals surface area contributed by atoms with Crippen LogP contribution in [0.25, 0.3) is 0 Å². The van der Waals surface area contributed by atoms with E-state index < -0.39 is 228 Å². The maximum Gasteiger partial charge on any atom is 0.217 e. The number of aliphatic hydroxyl groups excluding tert-OH is 15. The molecule has 0 radical (unpaired) electrons. The summed E-state index contributed by atoms with van der Waals surface area (Å²) in [6.45, 7) is 6.39. The Morgan fingerprint density at radius 1 is 0.392 bits per heavy atom. The van der Waals surface area contributed by atoms with E-state index in [-0.39, 0.29) is 0 Å². The first-order chi connectivity index (χ1) is 34.7. The van der Waals surface area contributed by atoms with Crippen LogP contribution in [0.2, 0.25) is 0 Å². The molecule has 6 fully saturated rings. The molecule has 6 rings (SSSR count). The Morgan fingerprint density at radius 2 is 0.784 bits per heavy atom. The predicted octanol–water partition coefficient (Wildman–Crippen LogP) is -9.66. The van der Waals surface area contributed by atoms with Gasteiger partial charge in [0.05, 0.1) is 50.8 Å². The Bertz CT molecular complexity index is 1810.